The zero-order chi connectivity index (χ0) is 25.6. The van der Waals surface area contributed by atoms with Gasteiger partial charge in [-0.15, -0.1) is 0 Å². The number of carboxylic acid groups (broad SMARTS) is 1. The van der Waals surface area contributed by atoms with Crippen molar-refractivity contribution in [2.24, 2.45) is 4.99 Å². The van der Waals surface area contributed by atoms with Crippen LogP contribution in [0.2, 0.25) is 0 Å². The van der Waals surface area contributed by atoms with Gasteiger partial charge in [-0.05, 0) is 24.6 Å². The minimum Gasteiger partial charge on any atom is -0.481 e. The number of amides is 2. The number of hydrogen-bond acceptors (Lipinski definition) is 7. The molecule has 1 heterocycles. The minimum atomic E-state index is -1.14. The van der Waals surface area contributed by atoms with E-state index in [1.54, 1.807) is 24.3 Å². The van der Waals surface area contributed by atoms with E-state index >= 15 is 0 Å². The molecule has 0 saturated heterocycles. The Bertz CT molecular complexity index is 735. The van der Waals surface area contributed by atoms with Crippen LogP contribution in [0, 0.1) is 0 Å². The van der Waals surface area contributed by atoms with Gasteiger partial charge in [-0.1, -0.05) is 33.8 Å². The summed E-state index contributed by atoms with van der Waals surface area (Å²) in [5.74, 6) is -1.53. The summed E-state index contributed by atoms with van der Waals surface area (Å²) in [6.45, 7) is 8.73. The van der Waals surface area contributed by atoms with Gasteiger partial charge in [-0.3, -0.25) is 19.4 Å². The quantitative estimate of drug-likeness (QED) is 0.230. The first-order chi connectivity index (χ1) is 16.0. The highest BCUT2D eigenvalue weighted by atomic mass is 128. The van der Waals surface area contributed by atoms with E-state index in [0.717, 1.165) is 19.5 Å². The first-order valence-corrected chi connectivity index (χ1v) is 17.0. The van der Waals surface area contributed by atoms with Crippen LogP contribution in [0.5, 0.6) is 0 Å². The maximum atomic E-state index is 12.2. The molecule has 0 saturated carbocycles. The molecule has 0 unspecified atom stereocenters. The molecule has 0 bridgehead atoms. The number of halogens is 2. The number of carbonyl (C=O) groups excluding carboxylic acids is 2. The highest BCUT2D eigenvalue weighted by molar-refractivity contribution is 15.0. The number of nitrogens with one attached hydrogen (secondary N) is 4. The third kappa shape index (κ3) is 15.7. The second kappa shape index (κ2) is 22.1. The maximum Gasteiger partial charge on any atom is 0.305 e. The Morgan fingerprint density at radius 1 is 1.18 bits per heavy atom. The predicted molar refractivity (Wildman–Crippen MR) is 149 cm³/mol. The number of nitrogens with zero attached hydrogens (tertiary/aromatic N) is 1. The van der Waals surface area contributed by atoms with E-state index in [2.05, 4.69) is 63.5 Å². The van der Waals surface area contributed by atoms with Crippen LogP contribution in [0.1, 0.15) is 50.9 Å². The molecule has 0 spiro atoms. The first kappa shape index (κ1) is 33.5. The number of carbonyl (C=O) groups is 3. The van der Waals surface area contributed by atoms with Crippen molar-refractivity contribution in [2.45, 2.75) is 46.6 Å². The van der Waals surface area contributed by atoms with Crippen molar-refractivity contribution in [1.82, 2.24) is 16.0 Å². The minimum absolute atomic E-state index is 0.332. The highest BCUT2D eigenvalue weighted by Crippen LogP contribution is 2.11. The van der Waals surface area contributed by atoms with Crippen molar-refractivity contribution < 1.29 is 24.6 Å². The maximum absolute atomic E-state index is 12.2. The fourth-order valence-electron chi connectivity index (χ4n) is 2.40. The lowest BCUT2D eigenvalue weighted by Crippen LogP contribution is -2.44. The molecule has 2 amide bonds. The van der Waals surface area contributed by atoms with Gasteiger partial charge in [-0.25, -0.2) is 0 Å². The number of hydrogen-bond donors (Lipinski definition) is 6. The molecule has 10 nitrogen and oxygen atoms in total. The number of aliphatic imine (C=N–C) groups is 1. The Morgan fingerprint density at radius 2 is 1.85 bits per heavy atom. The first-order valence-electron chi connectivity index (χ1n) is 10.7. The van der Waals surface area contributed by atoms with Crippen LogP contribution in [0.4, 0.5) is 5.69 Å². The molecule has 33 heavy (non-hydrogen) atoms. The number of aliphatic carboxylic acids is 1. The Balaban J connectivity index is 0. The Morgan fingerprint density at radius 3 is 2.39 bits per heavy atom. The highest BCUT2D eigenvalue weighted by Gasteiger charge is 2.16. The molecule has 0 aliphatic carbocycles. The fraction of sp³-hybridized carbons (Fsp3) is 0.524. The predicted octanol–water partition coefficient (Wildman–Crippen LogP) is 2.95. The van der Waals surface area contributed by atoms with Crippen molar-refractivity contribution in [3.8, 4) is 0 Å². The number of aliphatic hydroxyl groups is 1. The summed E-state index contributed by atoms with van der Waals surface area (Å²) in [7, 11) is 0. The molecule has 0 aromatic heterocycles. The molecule has 1 aliphatic rings. The lowest BCUT2D eigenvalue weighted by atomic mass is 10.2. The van der Waals surface area contributed by atoms with Gasteiger partial charge in [0.25, 0.3) is 5.91 Å². The topological polar surface area (TPSA) is 152 Å². The molecule has 188 valence electrons. The van der Waals surface area contributed by atoms with Gasteiger partial charge in [0.15, 0.2) is 5.96 Å². The average molecular weight is 691 g/mol. The molecular formula is C21H35I2N5O5. The number of carboxylic acids is 1. The van der Waals surface area contributed by atoms with Crippen molar-refractivity contribution in [2.75, 3.05) is 31.6 Å². The van der Waals surface area contributed by atoms with Gasteiger partial charge < -0.3 is 31.5 Å². The van der Waals surface area contributed by atoms with E-state index in [1.165, 1.54) is 0 Å². The largest absolute Gasteiger partial charge is 0.481 e. The SMILES string of the molecule is CC.CC.II.O=C(O)C[C@@H](CO)NC(=O)CNC(=O)c1cccc(NC2=NCCCN2)c1. The summed E-state index contributed by atoms with van der Waals surface area (Å²) >= 11 is 4.24. The van der Waals surface area contributed by atoms with Gasteiger partial charge in [0, 0.05) is 61.6 Å². The Hall–Kier alpha value is -1.68. The van der Waals surface area contributed by atoms with Gasteiger partial charge >= 0.3 is 5.97 Å². The van der Waals surface area contributed by atoms with Crippen LogP contribution >= 0.6 is 37.2 Å². The summed E-state index contributed by atoms with van der Waals surface area (Å²) < 4.78 is 0. The van der Waals surface area contributed by atoms with E-state index in [0.29, 0.717) is 17.2 Å². The lowest BCUT2D eigenvalue weighted by molar-refractivity contribution is -0.138. The summed E-state index contributed by atoms with van der Waals surface area (Å²) in [5.41, 5.74) is 1.04. The van der Waals surface area contributed by atoms with E-state index in [9.17, 15) is 14.4 Å². The molecule has 12 heteroatoms. The Kier molecular flexibility index (Phi) is 22.5. The van der Waals surface area contributed by atoms with Crippen LogP contribution < -0.4 is 21.3 Å². The standard InChI is InChI=1S/C17H23N5O5.2C2H6.I2/c23-10-13(8-15(25)26)21-14(24)9-20-16(27)11-3-1-4-12(7-11)22-17-18-5-2-6-19-17;3*1-2/h1,3-4,7,13,23H,2,5-6,8-10H2,(H,20,27)(H,21,24)(H,25,26)(H2,18,19,22);2*1-2H3;/t13-;;;/m0.../s1. The summed E-state index contributed by atoms with van der Waals surface area (Å²) in [4.78, 5) is 38.9. The van der Waals surface area contributed by atoms with Crippen LogP contribution in [0.25, 0.3) is 0 Å². The zero-order valence-corrected chi connectivity index (χ0v) is 23.8. The molecule has 6 N–H and O–H groups in total. The van der Waals surface area contributed by atoms with Crippen molar-refractivity contribution in [3.63, 3.8) is 0 Å². The molecule has 1 atom stereocenters. The third-order valence-electron chi connectivity index (χ3n) is 3.70. The van der Waals surface area contributed by atoms with E-state index < -0.39 is 36.9 Å². The summed E-state index contributed by atoms with van der Waals surface area (Å²) in [6, 6.07) is 5.83. The average Bonchev–Trinajstić information content (AvgIpc) is 2.86. The van der Waals surface area contributed by atoms with Gasteiger partial charge in [-0.2, -0.15) is 0 Å². The summed E-state index contributed by atoms with van der Waals surface area (Å²) in [6.07, 6.45) is 0.571. The van der Waals surface area contributed by atoms with Crippen molar-refractivity contribution in [3.05, 3.63) is 29.8 Å². The third-order valence-corrected chi connectivity index (χ3v) is 3.70. The number of rotatable bonds is 8. The monoisotopic (exact) mass is 691 g/mol. The lowest BCUT2D eigenvalue weighted by Gasteiger charge is -2.16. The van der Waals surface area contributed by atoms with Crippen LogP contribution in [-0.4, -0.2) is 66.2 Å². The van der Waals surface area contributed by atoms with Gasteiger partial charge in [0.2, 0.25) is 5.91 Å². The van der Waals surface area contributed by atoms with Gasteiger partial charge in [0.05, 0.1) is 25.6 Å². The van der Waals surface area contributed by atoms with E-state index in [-0.39, 0.29) is 6.54 Å². The Labute approximate surface area is 219 Å². The smallest absolute Gasteiger partial charge is 0.305 e. The second-order valence-electron chi connectivity index (χ2n) is 5.94. The number of anilines is 1. The van der Waals surface area contributed by atoms with E-state index in [1.807, 2.05) is 27.7 Å². The van der Waals surface area contributed by atoms with Crippen molar-refractivity contribution in [1.29, 1.82) is 0 Å². The molecule has 0 fully saturated rings. The zero-order valence-electron chi connectivity index (χ0n) is 19.5. The molecule has 1 aromatic rings. The van der Waals surface area contributed by atoms with E-state index in [4.69, 9.17) is 10.2 Å². The van der Waals surface area contributed by atoms with Crippen LogP contribution in [0.3, 0.4) is 0 Å². The molecule has 2 rings (SSSR count). The van der Waals surface area contributed by atoms with Crippen LogP contribution in [-0.2, 0) is 9.59 Å². The number of aliphatic hydroxyl groups excluding tert-OH is 1. The molecule has 1 aromatic carbocycles. The molecular weight excluding hydrogens is 656 g/mol. The fourth-order valence-corrected chi connectivity index (χ4v) is 2.40. The molecule has 0 radical (unpaired) electrons. The number of guanidine groups is 1. The van der Waals surface area contributed by atoms with Crippen LogP contribution in [0.15, 0.2) is 29.3 Å². The summed E-state index contributed by atoms with van der Waals surface area (Å²) in [5, 5.41) is 28.8. The van der Waals surface area contributed by atoms with Gasteiger partial charge in [0.1, 0.15) is 0 Å². The second-order valence-corrected chi connectivity index (χ2v) is 5.94. The van der Waals surface area contributed by atoms with Crippen molar-refractivity contribution >= 4 is 66.7 Å². The molecule has 1 aliphatic heterocycles. The normalized spacial score (nSPS) is 12.3. The number of benzene rings is 1.